The third-order valence-electron chi connectivity index (χ3n) is 1.84. The second kappa shape index (κ2) is 4.74. The van der Waals surface area contributed by atoms with E-state index < -0.39 is 11.7 Å². The zero-order valence-electron chi connectivity index (χ0n) is 8.88. The van der Waals surface area contributed by atoms with Gasteiger partial charge in [-0.1, -0.05) is 12.1 Å². The van der Waals surface area contributed by atoms with Crippen LogP contribution in [0, 0.1) is 6.61 Å². The minimum Gasteiger partial charge on any atom is -0.490 e. The number of ether oxygens (including phenoxy) is 1. The number of rotatable bonds is 3. The number of benzene rings is 1. The van der Waals surface area contributed by atoms with Crippen LogP contribution >= 0.6 is 0 Å². The summed E-state index contributed by atoms with van der Waals surface area (Å²) in [5.41, 5.74) is -1.25. The molecule has 2 nitrogen and oxygen atoms in total. The summed E-state index contributed by atoms with van der Waals surface area (Å²) in [6, 6.07) is 3.81. The Morgan fingerprint density at radius 3 is 2.38 bits per heavy atom. The molecule has 16 heavy (non-hydrogen) atoms. The van der Waals surface area contributed by atoms with Gasteiger partial charge >= 0.3 is 6.18 Å². The van der Waals surface area contributed by atoms with Crippen molar-refractivity contribution < 1.29 is 23.0 Å². The van der Waals surface area contributed by atoms with E-state index in [0.29, 0.717) is 6.61 Å². The molecular formula is C11H12F3O2. The molecule has 1 radical (unpaired) electrons. The Hall–Kier alpha value is -1.23. The van der Waals surface area contributed by atoms with Crippen molar-refractivity contribution in [1.82, 2.24) is 0 Å². The number of aliphatic hydroxyl groups excluding tert-OH is 1. The first-order chi connectivity index (χ1) is 7.36. The molecule has 0 bridgehead atoms. The summed E-state index contributed by atoms with van der Waals surface area (Å²) in [5, 5.41) is 8.76. The quantitative estimate of drug-likeness (QED) is 0.867. The van der Waals surface area contributed by atoms with Crippen LogP contribution in [0.2, 0.25) is 0 Å². The number of aliphatic hydroxyl groups is 1. The van der Waals surface area contributed by atoms with Crippen molar-refractivity contribution in [2.24, 2.45) is 0 Å². The first-order valence-electron chi connectivity index (χ1n) is 4.70. The van der Waals surface area contributed by atoms with E-state index in [0.717, 1.165) is 0 Å². The summed E-state index contributed by atoms with van der Waals surface area (Å²) in [5.74, 6) is -0.273. The smallest absolute Gasteiger partial charge is 0.420 e. The third-order valence-corrected chi connectivity index (χ3v) is 1.84. The molecule has 0 saturated heterocycles. The normalized spacial score (nSPS) is 11.9. The molecule has 0 aliphatic carbocycles. The fourth-order valence-corrected chi connectivity index (χ4v) is 1.31. The van der Waals surface area contributed by atoms with Gasteiger partial charge in [-0.05, 0) is 25.5 Å². The fraction of sp³-hybridized carbons (Fsp3) is 0.364. The van der Waals surface area contributed by atoms with Crippen LogP contribution in [0.5, 0.6) is 5.75 Å². The second-order valence-corrected chi connectivity index (χ2v) is 3.51. The van der Waals surface area contributed by atoms with Crippen LogP contribution in [0.1, 0.15) is 25.0 Å². The van der Waals surface area contributed by atoms with Gasteiger partial charge in [0.2, 0.25) is 0 Å². The van der Waals surface area contributed by atoms with E-state index in [4.69, 9.17) is 9.84 Å². The predicted molar refractivity (Wildman–Crippen MR) is 52.5 cm³/mol. The van der Waals surface area contributed by atoms with Crippen LogP contribution in [0.4, 0.5) is 13.2 Å². The first-order valence-corrected chi connectivity index (χ1v) is 4.70. The largest absolute Gasteiger partial charge is 0.490 e. The van der Waals surface area contributed by atoms with Gasteiger partial charge in [-0.2, -0.15) is 13.2 Å². The fourth-order valence-electron chi connectivity index (χ4n) is 1.31. The Bertz CT molecular complexity index is 359. The molecule has 0 unspecified atom stereocenters. The van der Waals surface area contributed by atoms with E-state index in [2.05, 4.69) is 0 Å². The van der Waals surface area contributed by atoms with E-state index >= 15 is 0 Å². The molecular weight excluding hydrogens is 221 g/mol. The van der Waals surface area contributed by atoms with Crippen LogP contribution in [-0.2, 0) is 6.18 Å². The number of hydrogen-bond acceptors (Lipinski definition) is 2. The van der Waals surface area contributed by atoms with Crippen molar-refractivity contribution in [2.45, 2.75) is 26.1 Å². The summed E-state index contributed by atoms with van der Waals surface area (Å²) in [6.07, 6.45) is -4.92. The molecule has 0 heterocycles. The lowest BCUT2D eigenvalue weighted by molar-refractivity contribution is -0.139. The molecule has 0 fully saturated rings. The molecule has 0 atom stereocenters. The zero-order chi connectivity index (χ0) is 12.3. The molecule has 89 valence electrons. The van der Waals surface area contributed by atoms with E-state index in [9.17, 15) is 13.2 Å². The highest BCUT2D eigenvalue weighted by molar-refractivity contribution is 5.44. The van der Waals surface area contributed by atoms with Gasteiger partial charge < -0.3 is 9.84 Å². The van der Waals surface area contributed by atoms with Gasteiger partial charge in [0, 0.05) is 0 Å². The average Bonchev–Trinajstić information content (AvgIpc) is 2.14. The van der Waals surface area contributed by atoms with Gasteiger partial charge in [-0.25, -0.2) is 0 Å². The highest BCUT2D eigenvalue weighted by atomic mass is 19.4. The standard InChI is InChI=1S/C11H12F3O2/c1-7(2)16-9-5-3-4-8(6-15)10(9)11(12,13)14/h3-7,15H,1-2H3. The number of hydrogen-bond donors (Lipinski definition) is 1. The molecule has 1 N–H and O–H groups in total. The topological polar surface area (TPSA) is 29.5 Å². The van der Waals surface area contributed by atoms with Gasteiger partial charge in [0.05, 0.1) is 6.10 Å². The minimum atomic E-state index is -4.56. The van der Waals surface area contributed by atoms with Gasteiger partial charge in [-0.3, -0.25) is 0 Å². The molecule has 0 spiro atoms. The van der Waals surface area contributed by atoms with Gasteiger partial charge in [0.25, 0.3) is 0 Å². The molecule has 0 aromatic heterocycles. The summed E-state index contributed by atoms with van der Waals surface area (Å²) in [6.45, 7) is 3.70. The van der Waals surface area contributed by atoms with E-state index in [1.54, 1.807) is 13.8 Å². The van der Waals surface area contributed by atoms with E-state index in [1.807, 2.05) is 0 Å². The Kier molecular flexibility index (Phi) is 3.80. The molecule has 1 aromatic carbocycles. The maximum Gasteiger partial charge on any atom is 0.420 e. The van der Waals surface area contributed by atoms with Crippen LogP contribution in [0.25, 0.3) is 0 Å². The van der Waals surface area contributed by atoms with Crippen molar-refractivity contribution in [3.63, 3.8) is 0 Å². The summed E-state index contributed by atoms with van der Waals surface area (Å²) < 4.78 is 43.3. The molecule has 0 amide bonds. The monoisotopic (exact) mass is 233 g/mol. The molecule has 0 saturated carbocycles. The van der Waals surface area contributed by atoms with Crippen LogP contribution in [-0.4, -0.2) is 11.2 Å². The number of halogens is 3. The Morgan fingerprint density at radius 2 is 1.94 bits per heavy atom. The highest BCUT2D eigenvalue weighted by Crippen LogP contribution is 2.39. The van der Waals surface area contributed by atoms with Gasteiger partial charge in [0.15, 0.2) is 0 Å². The summed E-state index contributed by atoms with van der Waals surface area (Å²) in [7, 11) is 0. The van der Waals surface area contributed by atoms with Crippen molar-refractivity contribution in [1.29, 1.82) is 0 Å². The van der Waals surface area contributed by atoms with Crippen molar-refractivity contribution in [3.8, 4) is 5.75 Å². The van der Waals surface area contributed by atoms with E-state index in [-0.39, 0.29) is 17.4 Å². The summed E-state index contributed by atoms with van der Waals surface area (Å²) >= 11 is 0. The third kappa shape index (κ3) is 2.88. The second-order valence-electron chi connectivity index (χ2n) is 3.51. The van der Waals surface area contributed by atoms with Gasteiger partial charge in [-0.15, -0.1) is 0 Å². The Morgan fingerprint density at radius 1 is 1.31 bits per heavy atom. The lowest BCUT2D eigenvalue weighted by Crippen LogP contribution is -2.15. The molecule has 5 heteroatoms. The Labute approximate surface area is 91.7 Å². The Balaban J connectivity index is 3.26. The SMILES string of the molecule is CC(C)Oc1cccc([CH]O)c1C(F)(F)F. The number of alkyl halides is 3. The average molecular weight is 233 g/mol. The lowest BCUT2D eigenvalue weighted by Gasteiger charge is -2.18. The maximum absolute atomic E-state index is 12.7. The lowest BCUT2D eigenvalue weighted by atomic mass is 10.1. The van der Waals surface area contributed by atoms with Gasteiger partial charge in [0.1, 0.15) is 17.9 Å². The molecule has 1 rings (SSSR count). The van der Waals surface area contributed by atoms with Crippen molar-refractivity contribution >= 4 is 0 Å². The molecule has 0 aliphatic rings. The predicted octanol–water partition coefficient (Wildman–Crippen LogP) is 3.37. The minimum absolute atomic E-state index is 0.273. The summed E-state index contributed by atoms with van der Waals surface area (Å²) in [4.78, 5) is 0. The zero-order valence-corrected chi connectivity index (χ0v) is 8.88. The maximum atomic E-state index is 12.7. The van der Waals surface area contributed by atoms with Crippen LogP contribution < -0.4 is 4.74 Å². The molecule has 0 aliphatic heterocycles. The molecule has 1 aromatic rings. The van der Waals surface area contributed by atoms with E-state index in [1.165, 1.54) is 18.2 Å². The van der Waals surface area contributed by atoms with Crippen LogP contribution in [0.15, 0.2) is 18.2 Å². The van der Waals surface area contributed by atoms with Crippen molar-refractivity contribution in [2.75, 3.05) is 0 Å². The first kappa shape index (κ1) is 12.8. The van der Waals surface area contributed by atoms with Crippen molar-refractivity contribution in [3.05, 3.63) is 35.9 Å². The van der Waals surface area contributed by atoms with Crippen LogP contribution in [0.3, 0.4) is 0 Å². The highest BCUT2D eigenvalue weighted by Gasteiger charge is 2.37.